The summed E-state index contributed by atoms with van der Waals surface area (Å²) in [7, 11) is -2.32. The van der Waals surface area contributed by atoms with Crippen molar-refractivity contribution in [3.63, 3.8) is 0 Å². The van der Waals surface area contributed by atoms with Gasteiger partial charge in [0.25, 0.3) is 0 Å². The summed E-state index contributed by atoms with van der Waals surface area (Å²) in [5, 5.41) is 2.75. The molecule has 0 bridgehead atoms. The minimum atomic E-state index is -3.83. The molecule has 0 saturated heterocycles. The number of ether oxygens (including phenoxy) is 1. The molecule has 1 atom stereocenters. The normalized spacial score (nSPS) is 12.6. The number of benzene rings is 2. The van der Waals surface area contributed by atoms with Crippen molar-refractivity contribution in [2.75, 3.05) is 20.2 Å². The second kappa shape index (κ2) is 9.16. The van der Waals surface area contributed by atoms with Crippen molar-refractivity contribution >= 4 is 15.9 Å². The van der Waals surface area contributed by atoms with Crippen LogP contribution in [0.3, 0.4) is 0 Å². The van der Waals surface area contributed by atoms with Gasteiger partial charge in [0.1, 0.15) is 11.6 Å². The number of nitrogens with zero attached hydrogens (tertiary/aromatic N) is 1. The minimum Gasteiger partial charge on any atom is -0.496 e. The zero-order valence-electron chi connectivity index (χ0n) is 16.4. The average molecular weight is 408 g/mol. The summed E-state index contributed by atoms with van der Waals surface area (Å²) in [6.07, 6.45) is 0. The molecular weight excluding hydrogens is 383 g/mol. The maximum atomic E-state index is 13.0. The fourth-order valence-corrected chi connectivity index (χ4v) is 4.30. The van der Waals surface area contributed by atoms with Gasteiger partial charge in [0.05, 0.1) is 24.6 Å². The van der Waals surface area contributed by atoms with Crippen LogP contribution in [0.5, 0.6) is 5.75 Å². The number of carbonyl (C=O) groups excluding carboxylic acids is 1. The van der Waals surface area contributed by atoms with E-state index in [2.05, 4.69) is 5.32 Å². The van der Waals surface area contributed by atoms with Crippen LogP contribution in [0.15, 0.2) is 47.4 Å². The molecule has 0 fully saturated rings. The molecule has 1 amide bonds. The van der Waals surface area contributed by atoms with Crippen molar-refractivity contribution in [3.05, 3.63) is 59.4 Å². The Morgan fingerprint density at radius 1 is 1.21 bits per heavy atom. The van der Waals surface area contributed by atoms with E-state index in [4.69, 9.17) is 4.74 Å². The molecule has 0 aliphatic heterocycles. The quantitative estimate of drug-likeness (QED) is 0.729. The van der Waals surface area contributed by atoms with Crippen molar-refractivity contribution in [3.8, 4) is 5.75 Å². The number of carbonyl (C=O) groups is 1. The Balaban J connectivity index is 2.12. The van der Waals surface area contributed by atoms with Crippen molar-refractivity contribution in [1.29, 1.82) is 0 Å². The van der Waals surface area contributed by atoms with E-state index >= 15 is 0 Å². The summed E-state index contributed by atoms with van der Waals surface area (Å²) in [6.45, 7) is 5.01. The van der Waals surface area contributed by atoms with E-state index in [1.54, 1.807) is 39.0 Å². The van der Waals surface area contributed by atoms with Crippen LogP contribution in [0.1, 0.15) is 31.0 Å². The molecule has 0 aliphatic carbocycles. The smallest absolute Gasteiger partial charge is 0.243 e. The van der Waals surface area contributed by atoms with Gasteiger partial charge < -0.3 is 10.1 Å². The number of aryl methyl sites for hydroxylation is 1. The first-order chi connectivity index (χ1) is 13.2. The van der Waals surface area contributed by atoms with E-state index in [1.165, 1.54) is 31.4 Å². The summed E-state index contributed by atoms with van der Waals surface area (Å²) < 4.78 is 45.1. The zero-order chi connectivity index (χ0) is 20.9. The van der Waals surface area contributed by atoms with E-state index in [-0.39, 0.29) is 29.8 Å². The van der Waals surface area contributed by atoms with Gasteiger partial charge in [0.2, 0.25) is 15.9 Å². The van der Waals surface area contributed by atoms with Gasteiger partial charge in [-0.1, -0.05) is 19.1 Å². The highest BCUT2D eigenvalue weighted by atomic mass is 32.2. The molecule has 0 heterocycles. The first-order valence-corrected chi connectivity index (χ1v) is 10.3. The third kappa shape index (κ3) is 5.08. The van der Waals surface area contributed by atoms with Crippen LogP contribution in [0, 0.1) is 12.7 Å². The van der Waals surface area contributed by atoms with Crippen LogP contribution in [0.4, 0.5) is 4.39 Å². The maximum absolute atomic E-state index is 13.0. The van der Waals surface area contributed by atoms with Crippen molar-refractivity contribution in [2.45, 2.75) is 31.7 Å². The van der Waals surface area contributed by atoms with Crippen LogP contribution in [-0.2, 0) is 14.8 Å². The fourth-order valence-electron chi connectivity index (χ4n) is 2.81. The van der Waals surface area contributed by atoms with Crippen LogP contribution in [0.25, 0.3) is 0 Å². The van der Waals surface area contributed by atoms with Crippen LogP contribution >= 0.6 is 0 Å². The molecule has 2 rings (SSSR count). The van der Waals surface area contributed by atoms with E-state index in [0.717, 1.165) is 9.87 Å². The standard InChI is InChI=1S/C20H25FN2O4S/c1-5-23(28(25,26)18-10-11-19(27-4)14(2)12-18)13-20(24)22-15(3)16-6-8-17(21)9-7-16/h6-12,15H,5,13H2,1-4H3,(H,22,24). The molecule has 1 unspecified atom stereocenters. The number of sulfonamides is 1. The molecule has 6 nitrogen and oxygen atoms in total. The van der Waals surface area contributed by atoms with E-state index < -0.39 is 15.9 Å². The van der Waals surface area contributed by atoms with Gasteiger partial charge >= 0.3 is 0 Å². The molecular formula is C20H25FN2O4S. The molecule has 1 N–H and O–H groups in total. The second-order valence-electron chi connectivity index (χ2n) is 6.40. The van der Waals surface area contributed by atoms with Crippen LogP contribution < -0.4 is 10.1 Å². The van der Waals surface area contributed by atoms with Crippen LogP contribution in [-0.4, -0.2) is 38.8 Å². The molecule has 0 radical (unpaired) electrons. The van der Waals surface area contributed by atoms with Gasteiger partial charge in [-0.3, -0.25) is 4.79 Å². The number of likely N-dealkylation sites (N-methyl/N-ethyl adjacent to an activating group) is 1. The van der Waals surface area contributed by atoms with E-state index in [0.29, 0.717) is 11.3 Å². The lowest BCUT2D eigenvalue weighted by Crippen LogP contribution is -2.41. The van der Waals surface area contributed by atoms with Crippen LogP contribution in [0.2, 0.25) is 0 Å². The minimum absolute atomic E-state index is 0.104. The molecule has 0 aromatic heterocycles. The molecule has 0 spiro atoms. The molecule has 0 saturated carbocycles. The zero-order valence-corrected chi connectivity index (χ0v) is 17.2. The summed E-state index contributed by atoms with van der Waals surface area (Å²) >= 11 is 0. The first kappa shape index (κ1) is 21.8. The number of halogens is 1. The lowest BCUT2D eigenvalue weighted by atomic mass is 10.1. The average Bonchev–Trinajstić information content (AvgIpc) is 2.66. The van der Waals surface area contributed by atoms with Crippen molar-refractivity contribution < 1.29 is 22.3 Å². The monoisotopic (exact) mass is 408 g/mol. The largest absolute Gasteiger partial charge is 0.496 e. The van der Waals surface area contributed by atoms with Gasteiger partial charge in [-0.25, -0.2) is 12.8 Å². The fraction of sp³-hybridized carbons (Fsp3) is 0.350. The molecule has 0 aliphatic rings. The molecule has 8 heteroatoms. The predicted octanol–water partition coefficient (Wildman–Crippen LogP) is 3.03. The van der Waals surface area contributed by atoms with E-state index in [9.17, 15) is 17.6 Å². The van der Waals surface area contributed by atoms with Gasteiger partial charge in [-0.05, 0) is 55.3 Å². The summed E-state index contributed by atoms with van der Waals surface area (Å²) in [6, 6.07) is 9.98. The Hall–Kier alpha value is -2.45. The Bertz CT molecular complexity index is 930. The Morgan fingerprint density at radius 2 is 1.86 bits per heavy atom. The number of nitrogens with one attached hydrogen (secondary N) is 1. The van der Waals surface area contributed by atoms with Gasteiger partial charge in [0.15, 0.2) is 0 Å². The Kier molecular flexibility index (Phi) is 7.15. The maximum Gasteiger partial charge on any atom is 0.243 e. The molecule has 2 aromatic carbocycles. The molecule has 152 valence electrons. The molecule has 28 heavy (non-hydrogen) atoms. The third-order valence-electron chi connectivity index (χ3n) is 4.42. The first-order valence-electron chi connectivity index (χ1n) is 8.88. The molecule has 2 aromatic rings. The van der Waals surface area contributed by atoms with Crippen molar-refractivity contribution in [2.24, 2.45) is 0 Å². The number of rotatable bonds is 8. The summed E-state index contributed by atoms with van der Waals surface area (Å²) in [4.78, 5) is 12.5. The number of methoxy groups -OCH3 is 1. The summed E-state index contributed by atoms with van der Waals surface area (Å²) in [5.74, 6) is -0.208. The van der Waals surface area contributed by atoms with Gasteiger partial charge in [-0.2, -0.15) is 4.31 Å². The highest BCUT2D eigenvalue weighted by Gasteiger charge is 2.26. The van der Waals surface area contributed by atoms with Gasteiger partial charge in [-0.15, -0.1) is 0 Å². The SMILES string of the molecule is CCN(CC(=O)NC(C)c1ccc(F)cc1)S(=O)(=O)c1ccc(OC)c(C)c1. The van der Waals surface area contributed by atoms with Crippen molar-refractivity contribution in [1.82, 2.24) is 9.62 Å². The lowest BCUT2D eigenvalue weighted by molar-refractivity contribution is -0.121. The second-order valence-corrected chi connectivity index (χ2v) is 8.34. The third-order valence-corrected chi connectivity index (χ3v) is 6.34. The number of hydrogen-bond donors (Lipinski definition) is 1. The van der Waals surface area contributed by atoms with Gasteiger partial charge in [0, 0.05) is 6.54 Å². The Labute approximate surface area is 165 Å². The summed E-state index contributed by atoms with van der Waals surface area (Å²) in [5.41, 5.74) is 1.42. The predicted molar refractivity (Wildman–Crippen MR) is 105 cm³/mol. The number of amides is 1. The topological polar surface area (TPSA) is 75.7 Å². The lowest BCUT2D eigenvalue weighted by Gasteiger charge is -2.22. The highest BCUT2D eigenvalue weighted by Crippen LogP contribution is 2.23. The van der Waals surface area contributed by atoms with E-state index in [1.807, 2.05) is 0 Å². The highest BCUT2D eigenvalue weighted by molar-refractivity contribution is 7.89. The Morgan fingerprint density at radius 3 is 2.39 bits per heavy atom. The number of hydrogen-bond acceptors (Lipinski definition) is 4.